The first kappa shape index (κ1) is 21.9. The summed E-state index contributed by atoms with van der Waals surface area (Å²) in [6.07, 6.45) is 0.455. The summed E-state index contributed by atoms with van der Waals surface area (Å²) in [6, 6.07) is 8.28. The number of anilines is 2. The number of imide groups is 1. The minimum atomic E-state index is -1.01. The lowest BCUT2D eigenvalue weighted by Gasteiger charge is -2.41. The zero-order valence-corrected chi connectivity index (χ0v) is 18.0. The van der Waals surface area contributed by atoms with Gasteiger partial charge in [0.05, 0.1) is 5.92 Å². The van der Waals surface area contributed by atoms with E-state index >= 15 is 0 Å². The Labute approximate surface area is 185 Å². The molecular weight excluding hydrogens is 416 g/mol. The van der Waals surface area contributed by atoms with Gasteiger partial charge in [-0.3, -0.25) is 19.7 Å². The first-order valence-electron chi connectivity index (χ1n) is 10.7. The monoisotopic (exact) mass is 441 g/mol. The highest BCUT2D eigenvalue weighted by Gasteiger charge is 2.34. The Morgan fingerprint density at radius 3 is 2.28 bits per heavy atom. The fraction of sp³-hybridized carbons (Fsp3) is 0.375. The van der Waals surface area contributed by atoms with E-state index < -0.39 is 29.4 Å². The summed E-state index contributed by atoms with van der Waals surface area (Å²) in [6.45, 7) is 4.96. The number of nitrogens with zero attached hydrogens (tertiary/aromatic N) is 1. The minimum absolute atomic E-state index is 0.0506. The summed E-state index contributed by atoms with van der Waals surface area (Å²) < 4.78 is 29.4. The summed E-state index contributed by atoms with van der Waals surface area (Å²) in [5.74, 6) is -3.73. The molecule has 1 unspecified atom stereocenters. The Bertz CT molecular complexity index is 1050. The van der Waals surface area contributed by atoms with E-state index in [1.165, 1.54) is 12.1 Å². The van der Waals surface area contributed by atoms with Crippen LogP contribution in [0.5, 0.6) is 0 Å². The van der Waals surface area contributed by atoms with E-state index in [0.29, 0.717) is 25.2 Å². The largest absolute Gasteiger partial charge is 0.371 e. The second kappa shape index (κ2) is 8.68. The summed E-state index contributed by atoms with van der Waals surface area (Å²) in [5, 5.41) is 5.04. The van der Waals surface area contributed by atoms with Gasteiger partial charge in [0.2, 0.25) is 17.7 Å². The predicted octanol–water partition coefficient (Wildman–Crippen LogP) is 3.57. The van der Waals surface area contributed by atoms with Crippen LogP contribution in [0.4, 0.5) is 20.2 Å². The van der Waals surface area contributed by atoms with E-state index in [0.717, 1.165) is 16.8 Å². The first-order valence-corrected chi connectivity index (χ1v) is 10.7. The van der Waals surface area contributed by atoms with Crippen LogP contribution >= 0.6 is 0 Å². The van der Waals surface area contributed by atoms with E-state index in [1.807, 2.05) is 32.0 Å². The zero-order valence-electron chi connectivity index (χ0n) is 18.0. The van der Waals surface area contributed by atoms with Gasteiger partial charge in [0.25, 0.3) is 0 Å². The molecule has 0 spiro atoms. The van der Waals surface area contributed by atoms with Gasteiger partial charge in [0.15, 0.2) is 0 Å². The van der Waals surface area contributed by atoms with Gasteiger partial charge in [0, 0.05) is 48.8 Å². The SMILES string of the molecule is Cc1cc(C)cc(NC(=O)CC2CN(c3cc(F)c(C4CCC(=O)NC4=O)c(F)c3)C2)c1. The number of carbonyl (C=O) groups excluding carboxylic acids is 3. The number of aryl methyl sites for hydroxylation is 2. The van der Waals surface area contributed by atoms with Crippen LogP contribution in [0.25, 0.3) is 0 Å². The van der Waals surface area contributed by atoms with Crippen molar-refractivity contribution in [1.82, 2.24) is 5.32 Å². The molecule has 2 saturated heterocycles. The molecule has 3 amide bonds. The van der Waals surface area contributed by atoms with Gasteiger partial charge in [-0.25, -0.2) is 8.78 Å². The molecule has 2 aromatic carbocycles. The van der Waals surface area contributed by atoms with Gasteiger partial charge >= 0.3 is 0 Å². The van der Waals surface area contributed by atoms with Crippen LogP contribution in [-0.2, 0) is 14.4 Å². The van der Waals surface area contributed by atoms with Crippen LogP contribution in [0.15, 0.2) is 30.3 Å². The van der Waals surface area contributed by atoms with Crippen LogP contribution in [-0.4, -0.2) is 30.8 Å². The molecule has 2 N–H and O–H groups in total. The third-order valence-electron chi connectivity index (χ3n) is 5.95. The average molecular weight is 441 g/mol. The smallest absolute Gasteiger partial charge is 0.234 e. The molecule has 2 aliphatic heterocycles. The van der Waals surface area contributed by atoms with Gasteiger partial charge in [-0.05, 0) is 55.7 Å². The normalized spacial score (nSPS) is 18.9. The first-order chi connectivity index (χ1) is 15.2. The van der Waals surface area contributed by atoms with Crippen molar-refractivity contribution >= 4 is 29.1 Å². The Kier molecular flexibility index (Phi) is 5.95. The van der Waals surface area contributed by atoms with E-state index in [1.54, 1.807) is 4.90 Å². The van der Waals surface area contributed by atoms with Crippen molar-refractivity contribution in [2.24, 2.45) is 5.92 Å². The fourth-order valence-electron chi connectivity index (χ4n) is 4.49. The maximum atomic E-state index is 14.7. The highest BCUT2D eigenvalue weighted by atomic mass is 19.1. The number of rotatable bonds is 5. The molecule has 1 atom stereocenters. The second-order valence-corrected chi connectivity index (χ2v) is 8.73. The Morgan fingerprint density at radius 1 is 1.06 bits per heavy atom. The van der Waals surface area contributed by atoms with Crippen molar-refractivity contribution in [3.8, 4) is 0 Å². The molecule has 2 aromatic rings. The average Bonchev–Trinajstić information content (AvgIpc) is 2.64. The third kappa shape index (κ3) is 4.64. The summed E-state index contributed by atoms with van der Waals surface area (Å²) in [5.41, 5.74) is 2.97. The van der Waals surface area contributed by atoms with Crippen molar-refractivity contribution < 1.29 is 23.2 Å². The molecule has 0 bridgehead atoms. The van der Waals surface area contributed by atoms with E-state index in [4.69, 9.17) is 0 Å². The molecule has 0 aliphatic carbocycles. The van der Waals surface area contributed by atoms with Crippen molar-refractivity contribution in [2.45, 2.75) is 39.0 Å². The van der Waals surface area contributed by atoms with Gasteiger partial charge in [-0.1, -0.05) is 6.07 Å². The number of hydrogen-bond donors (Lipinski definition) is 2. The Hall–Kier alpha value is -3.29. The van der Waals surface area contributed by atoms with E-state index in [2.05, 4.69) is 10.6 Å². The highest BCUT2D eigenvalue weighted by molar-refractivity contribution is 6.01. The van der Waals surface area contributed by atoms with Crippen molar-refractivity contribution in [3.63, 3.8) is 0 Å². The minimum Gasteiger partial charge on any atom is -0.371 e. The number of benzene rings is 2. The fourth-order valence-corrected chi connectivity index (χ4v) is 4.49. The number of amides is 3. The molecule has 0 aromatic heterocycles. The maximum absolute atomic E-state index is 14.7. The summed E-state index contributed by atoms with van der Waals surface area (Å²) >= 11 is 0. The predicted molar refractivity (Wildman–Crippen MR) is 116 cm³/mol. The van der Waals surface area contributed by atoms with Crippen LogP contribution in [0, 0.1) is 31.4 Å². The molecule has 32 heavy (non-hydrogen) atoms. The molecule has 4 rings (SSSR count). The van der Waals surface area contributed by atoms with Crippen LogP contribution in [0.2, 0.25) is 0 Å². The number of hydrogen-bond acceptors (Lipinski definition) is 4. The van der Waals surface area contributed by atoms with Crippen molar-refractivity contribution in [3.05, 3.63) is 58.7 Å². The lowest BCUT2D eigenvalue weighted by atomic mass is 9.89. The Morgan fingerprint density at radius 2 is 1.69 bits per heavy atom. The lowest BCUT2D eigenvalue weighted by Crippen LogP contribution is -2.48. The standard InChI is InChI=1S/C24H25F2N3O3/c1-13-5-14(2)7-16(6-13)27-22(31)8-15-11-29(12-15)17-9-19(25)23(20(26)10-17)18-3-4-21(30)28-24(18)32/h5-7,9-10,15,18H,3-4,8,11-12H2,1-2H3,(H,27,31)(H,28,30,32). The Balaban J connectivity index is 1.36. The molecule has 0 radical (unpaired) electrons. The van der Waals surface area contributed by atoms with E-state index in [-0.39, 0.29) is 30.2 Å². The van der Waals surface area contributed by atoms with Gasteiger partial charge in [0.1, 0.15) is 11.6 Å². The van der Waals surface area contributed by atoms with Gasteiger partial charge in [-0.15, -0.1) is 0 Å². The van der Waals surface area contributed by atoms with Crippen molar-refractivity contribution in [1.29, 1.82) is 0 Å². The molecule has 8 heteroatoms. The molecule has 168 valence electrons. The highest BCUT2D eigenvalue weighted by Crippen LogP contribution is 2.34. The zero-order chi connectivity index (χ0) is 23.0. The number of nitrogens with one attached hydrogen (secondary N) is 2. The van der Waals surface area contributed by atoms with Gasteiger partial charge in [-0.2, -0.15) is 0 Å². The van der Waals surface area contributed by atoms with Gasteiger partial charge < -0.3 is 10.2 Å². The van der Waals surface area contributed by atoms with E-state index in [9.17, 15) is 23.2 Å². The number of piperidine rings is 1. The maximum Gasteiger partial charge on any atom is 0.234 e. The lowest BCUT2D eigenvalue weighted by molar-refractivity contribution is -0.134. The molecule has 2 aliphatic rings. The third-order valence-corrected chi connectivity index (χ3v) is 5.95. The number of halogens is 2. The second-order valence-electron chi connectivity index (χ2n) is 8.73. The quantitative estimate of drug-likeness (QED) is 0.696. The summed E-state index contributed by atoms with van der Waals surface area (Å²) in [7, 11) is 0. The molecular formula is C24H25F2N3O3. The molecule has 0 saturated carbocycles. The molecule has 2 fully saturated rings. The summed E-state index contributed by atoms with van der Waals surface area (Å²) in [4.78, 5) is 37.4. The number of carbonyl (C=O) groups is 3. The van der Waals surface area contributed by atoms with Crippen molar-refractivity contribution in [2.75, 3.05) is 23.3 Å². The molecule has 6 nitrogen and oxygen atoms in total. The molecule has 2 heterocycles. The van der Waals surface area contributed by atoms with Crippen LogP contribution in [0.1, 0.15) is 41.9 Å². The topological polar surface area (TPSA) is 78.5 Å². The van der Waals surface area contributed by atoms with Crippen LogP contribution in [0.3, 0.4) is 0 Å². The van der Waals surface area contributed by atoms with Crippen LogP contribution < -0.4 is 15.5 Å².